The maximum absolute atomic E-state index is 12.3. The van der Waals surface area contributed by atoms with Crippen molar-refractivity contribution in [2.45, 2.75) is 51.6 Å². The Kier molecular flexibility index (Phi) is 3.82. The molecular formula is C15H23N3OS. The number of likely N-dealkylation sites (tertiary alicyclic amines) is 1. The lowest BCUT2D eigenvalue weighted by atomic mass is 10.1. The van der Waals surface area contributed by atoms with Gasteiger partial charge in [-0.15, -0.1) is 11.3 Å². The summed E-state index contributed by atoms with van der Waals surface area (Å²) in [5.74, 6) is 1.18. The molecule has 5 heteroatoms. The van der Waals surface area contributed by atoms with Crippen molar-refractivity contribution in [1.29, 1.82) is 0 Å². The minimum atomic E-state index is 0.00403. The highest BCUT2D eigenvalue weighted by Gasteiger charge is 2.33. The van der Waals surface area contributed by atoms with Gasteiger partial charge in [-0.3, -0.25) is 9.69 Å². The second kappa shape index (κ2) is 5.45. The van der Waals surface area contributed by atoms with Gasteiger partial charge in [0.15, 0.2) is 5.01 Å². The van der Waals surface area contributed by atoms with Gasteiger partial charge in [0, 0.05) is 36.2 Å². The lowest BCUT2D eigenvalue weighted by Gasteiger charge is -2.20. The van der Waals surface area contributed by atoms with E-state index >= 15 is 0 Å². The first-order valence-electron chi connectivity index (χ1n) is 7.55. The topological polar surface area (TPSA) is 45.2 Å². The quantitative estimate of drug-likeness (QED) is 0.927. The van der Waals surface area contributed by atoms with E-state index in [4.69, 9.17) is 0 Å². The highest BCUT2D eigenvalue weighted by molar-refractivity contribution is 7.13. The standard InChI is InChI=1S/C15H23N3OS/c1-9(2)18-7-10(3)12(8-18)17-14(19)15-16-6-13(20-15)11-4-5-11/h6,9-12H,4-5,7-8H2,1-3H3,(H,17,19). The number of hydrogen-bond donors (Lipinski definition) is 1. The molecule has 110 valence electrons. The average molecular weight is 293 g/mol. The third-order valence-corrected chi connectivity index (χ3v) is 5.54. The highest BCUT2D eigenvalue weighted by atomic mass is 32.1. The molecule has 20 heavy (non-hydrogen) atoms. The molecule has 1 aromatic rings. The van der Waals surface area contributed by atoms with Crippen LogP contribution in [-0.4, -0.2) is 41.0 Å². The molecule has 0 spiro atoms. The van der Waals surface area contributed by atoms with Crippen molar-refractivity contribution in [1.82, 2.24) is 15.2 Å². The molecule has 0 radical (unpaired) electrons. The number of thiazole rings is 1. The number of aromatic nitrogens is 1. The molecule has 2 atom stereocenters. The molecule has 1 aromatic heterocycles. The van der Waals surface area contributed by atoms with Crippen LogP contribution in [0.15, 0.2) is 6.20 Å². The molecule has 1 saturated heterocycles. The molecule has 4 nitrogen and oxygen atoms in total. The van der Waals surface area contributed by atoms with Crippen LogP contribution in [-0.2, 0) is 0 Å². The summed E-state index contributed by atoms with van der Waals surface area (Å²) < 4.78 is 0. The van der Waals surface area contributed by atoms with Crippen LogP contribution >= 0.6 is 11.3 Å². The smallest absolute Gasteiger partial charge is 0.280 e. The second-order valence-corrected chi connectivity index (χ2v) is 7.51. The summed E-state index contributed by atoms with van der Waals surface area (Å²) in [7, 11) is 0. The fourth-order valence-electron chi connectivity index (χ4n) is 2.79. The van der Waals surface area contributed by atoms with Gasteiger partial charge in [0.2, 0.25) is 0 Å². The molecule has 1 N–H and O–H groups in total. The summed E-state index contributed by atoms with van der Waals surface area (Å²) in [6, 6.07) is 0.791. The Labute approximate surface area is 124 Å². The molecule has 2 fully saturated rings. The fourth-order valence-corrected chi connectivity index (χ4v) is 3.78. The average Bonchev–Trinajstić information content (AvgIpc) is 3.01. The number of hydrogen-bond acceptors (Lipinski definition) is 4. The fraction of sp³-hybridized carbons (Fsp3) is 0.733. The van der Waals surface area contributed by atoms with E-state index in [2.05, 4.69) is 36.0 Å². The molecule has 2 unspecified atom stereocenters. The molecule has 0 bridgehead atoms. The molecule has 1 aliphatic heterocycles. The van der Waals surface area contributed by atoms with E-state index < -0.39 is 0 Å². The SMILES string of the molecule is CC1CN(C(C)C)CC1NC(=O)c1ncc(C2CC2)s1. The molecule has 0 aromatic carbocycles. The summed E-state index contributed by atoms with van der Waals surface area (Å²) in [4.78, 5) is 20.3. The largest absolute Gasteiger partial charge is 0.346 e. The van der Waals surface area contributed by atoms with Gasteiger partial charge in [0.25, 0.3) is 5.91 Å². The van der Waals surface area contributed by atoms with Crippen molar-refractivity contribution in [3.05, 3.63) is 16.1 Å². The van der Waals surface area contributed by atoms with Gasteiger partial charge in [-0.25, -0.2) is 4.98 Å². The van der Waals surface area contributed by atoms with Gasteiger partial charge >= 0.3 is 0 Å². The van der Waals surface area contributed by atoms with Crippen LogP contribution in [0.3, 0.4) is 0 Å². The summed E-state index contributed by atoms with van der Waals surface area (Å²) in [5.41, 5.74) is 0. The first-order chi connectivity index (χ1) is 9.54. The van der Waals surface area contributed by atoms with Gasteiger partial charge in [-0.2, -0.15) is 0 Å². The van der Waals surface area contributed by atoms with Crippen LogP contribution in [0.5, 0.6) is 0 Å². The van der Waals surface area contributed by atoms with Crippen molar-refractivity contribution in [2.75, 3.05) is 13.1 Å². The van der Waals surface area contributed by atoms with E-state index in [1.165, 1.54) is 17.7 Å². The van der Waals surface area contributed by atoms with Crippen LogP contribution in [0.2, 0.25) is 0 Å². The van der Waals surface area contributed by atoms with Crippen molar-refractivity contribution in [3.63, 3.8) is 0 Å². The van der Waals surface area contributed by atoms with Crippen LogP contribution < -0.4 is 5.32 Å². The number of nitrogens with one attached hydrogen (secondary N) is 1. The molecule has 2 aliphatic rings. The maximum atomic E-state index is 12.3. The minimum absolute atomic E-state index is 0.00403. The second-order valence-electron chi connectivity index (χ2n) is 6.45. The summed E-state index contributed by atoms with van der Waals surface area (Å²) in [6.07, 6.45) is 4.40. The van der Waals surface area contributed by atoms with E-state index in [1.54, 1.807) is 11.3 Å². The van der Waals surface area contributed by atoms with Gasteiger partial charge in [-0.1, -0.05) is 6.92 Å². The number of carbonyl (C=O) groups excluding carboxylic acids is 1. The van der Waals surface area contributed by atoms with Gasteiger partial charge in [-0.05, 0) is 38.5 Å². The minimum Gasteiger partial charge on any atom is -0.346 e. The van der Waals surface area contributed by atoms with Crippen LogP contribution in [0.1, 0.15) is 54.2 Å². The van der Waals surface area contributed by atoms with Crippen molar-refractivity contribution in [3.8, 4) is 0 Å². The summed E-state index contributed by atoms with van der Waals surface area (Å²) in [6.45, 7) is 8.64. The number of amides is 1. The Bertz CT molecular complexity index is 495. The Morgan fingerprint density at radius 1 is 1.45 bits per heavy atom. The third-order valence-electron chi connectivity index (χ3n) is 4.38. The highest BCUT2D eigenvalue weighted by Crippen LogP contribution is 2.42. The zero-order valence-corrected chi connectivity index (χ0v) is 13.2. The zero-order valence-electron chi connectivity index (χ0n) is 12.4. The Balaban J connectivity index is 1.60. The van der Waals surface area contributed by atoms with Crippen LogP contribution in [0.4, 0.5) is 0 Å². The predicted octanol–water partition coefficient (Wildman–Crippen LogP) is 2.48. The lowest BCUT2D eigenvalue weighted by molar-refractivity contribution is 0.0930. The zero-order chi connectivity index (χ0) is 14.3. The van der Waals surface area contributed by atoms with Gasteiger partial charge in [0.1, 0.15) is 0 Å². The number of nitrogens with zero attached hydrogens (tertiary/aromatic N) is 2. The Hall–Kier alpha value is -0.940. The maximum Gasteiger partial charge on any atom is 0.280 e. The summed E-state index contributed by atoms with van der Waals surface area (Å²) >= 11 is 1.57. The molecule has 1 amide bonds. The predicted molar refractivity (Wildman–Crippen MR) is 81.2 cm³/mol. The first-order valence-corrected chi connectivity index (χ1v) is 8.37. The monoisotopic (exact) mass is 293 g/mol. The van der Waals surface area contributed by atoms with Crippen molar-refractivity contribution < 1.29 is 4.79 Å². The Morgan fingerprint density at radius 2 is 2.20 bits per heavy atom. The molecule has 3 rings (SSSR count). The van der Waals surface area contributed by atoms with Gasteiger partial charge in [0.05, 0.1) is 0 Å². The van der Waals surface area contributed by atoms with E-state index in [9.17, 15) is 4.79 Å². The third kappa shape index (κ3) is 2.88. The number of carbonyl (C=O) groups is 1. The molecular weight excluding hydrogens is 270 g/mol. The normalized spacial score (nSPS) is 27.2. The summed E-state index contributed by atoms with van der Waals surface area (Å²) in [5, 5.41) is 3.80. The van der Waals surface area contributed by atoms with Crippen LogP contribution in [0, 0.1) is 5.92 Å². The molecule has 2 heterocycles. The van der Waals surface area contributed by atoms with E-state index in [1.807, 2.05) is 6.20 Å². The Morgan fingerprint density at radius 3 is 2.80 bits per heavy atom. The van der Waals surface area contributed by atoms with Crippen molar-refractivity contribution in [2.24, 2.45) is 5.92 Å². The number of rotatable bonds is 4. The lowest BCUT2D eigenvalue weighted by Crippen LogP contribution is -2.40. The van der Waals surface area contributed by atoms with E-state index in [-0.39, 0.29) is 11.9 Å². The molecule has 1 saturated carbocycles. The molecule has 1 aliphatic carbocycles. The van der Waals surface area contributed by atoms with Crippen molar-refractivity contribution >= 4 is 17.2 Å². The van der Waals surface area contributed by atoms with E-state index in [0.717, 1.165) is 13.1 Å². The van der Waals surface area contributed by atoms with Gasteiger partial charge < -0.3 is 5.32 Å². The first kappa shape index (κ1) is 14.0. The van der Waals surface area contributed by atoms with Crippen LogP contribution in [0.25, 0.3) is 0 Å². The van der Waals surface area contributed by atoms with E-state index in [0.29, 0.717) is 22.9 Å².